The SMILES string of the molecule is Cc1cc(C)cc(CNCCCN(Cc2ccc(C(=O)O)cc2)Cc2cc(C(F)(F)F)cc(C(F)(F)F)c2)c1. The molecule has 0 fully saturated rings. The Bertz CT molecular complexity index is 1220. The van der Waals surface area contributed by atoms with Gasteiger partial charge < -0.3 is 10.4 Å². The molecule has 0 saturated carbocycles. The van der Waals surface area contributed by atoms with Crippen LogP contribution in [0.5, 0.6) is 0 Å². The molecule has 0 unspecified atom stereocenters. The third-order valence-corrected chi connectivity index (χ3v) is 6.10. The smallest absolute Gasteiger partial charge is 0.416 e. The first-order valence-electron chi connectivity index (χ1n) is 12.3. The molecular formula is C29H30F6N2O2. The zero-order valence-corrected chi connectivity index (χ0v) is 21.6. The van der Waals surface area contributed by atoms with Crippen LogP contribution in [0.3, 0.4) is 0 Å². The van der Waals surface area contributed by atoms with E-state index in [1.165, 1.54) is 12.1 Å². The number of carboxylic acids is 1. The second kappa shape index (κ2) is 12.7. The molecule has 39 heavy (non-hydrogen) atoms. The third kappa shape index (κ3) is 9.40. The van der Waals surface area contributed by atoms with Gasteiger partial charge in [-0.2, -0.15) is 26.3 Å². The molecule has 0 bridgehead atoms. The predicted molar refractivity (Wildman–Crippen MR) is 136 cm³/mol. The van der Waals surface area contributed by atoms with Crippen LogP contribution in [0.15, 0.2) is 60.7 Å². The van der Waals surface area contributed by atoms with Crippen LogP contribution >= 0.6 is 0 Å². The van der Waals surface area contributed by atoms with Crippen molar-refractivity contribution in [3.63, 3.8) is 0 Å². The second-order valence-electron chi connectivity index (χ2n) is 9.65. The maximum absolute atomic E-state index is 13.4. The zero-order valence-electron chi connectivity index (χ0n) is 21.6. The van der Waals surface area contributed by atoms with Crippen molar-refractivity contribution in [3.05, 3.63) is 105 Å². The van der Waals surface area contributed by atoms with E-state index in [9.17, 15) is 31.1 Å². The van der Waals surface area contributed by atoms with Gasteiger partial charge in [-0.05, 0) is 73.8 Å². The maximum Gasteiger partial charge on any atom is 0.416 e. The number of alkyl halides is 6. The summed E-state index contributed by atoms with van der Waals surface area (Å²) in [6.07, 6.45) is -9.26. The van der Waals surface area contributed by atoms with Gasteiger partial charge in [-0.25, -0.2) is 4.79 Å². The summed E-state index contributed by atoms with van der Waals surface area (Å²) >= 11 is 0. The first-order chi connectivity index (χ1) is 18.2. The van der Waals surface area contributed by atoms with Gasteiger partial charge in [-0.15, -0.1) is 0 Å². The van der Waals surface area contributed by atoms with Crippen LogP contribution < -0.4 is 5.32 Å². The number of rotatable bonds is 11. The molecule has 0 radical (unpaired) electrons. The monoisotopic (exact) mass is 552 g/mol. The fourth-order valence-corrected chi connectivity index (χ4v) is 4.43. The Morgan fingerprint density at radius 3 is 1.82 bits per heavy atom. The molecule has 10 heteroatoms. The number of halogens is 6. The molecule has 0 amide bonds. The molecule has 0 aliphatic rings. The Morgan fingerprint density at radius 2 is 1.31 bits per heavy atom. The van der Waals surface area contributed by atoms with Crippen molar-refractivity contribution < 1.29 is 36.2 Å². The number of aromatic carboxylic acids is 1. The molecule has 4 nitrogen and oxygen atoms in total. The van der Waals surface area contributed by atoms with E-state index < -0.39 is 29.4 Å². The Balaban J connectivity index is 1.75. The van der Waals surface area contributed by atoms with Gasteiger partial charge in [0.2, 0.25) is 0 Å². The molecule has 0 atom stereocenters. The van der Waals surface area contributed by atoms with Gasteiger partial charge in [0.05, 0.1) is 16.7 Å². The highest BCUT2D eigenvalue weighted by Gasteiger charge is 2.37. The van der Waals surface area contributed by atoms with E-state index in [1.54, 1.807) is 17.0 Å². The van der Waals surface area contributed by atoms with Crippen molar-refractivity contribution in [3.8, 4) is 0 Å². The number of carboxylic acid groups (broad SMARTS) is 1. The second-order valence-corrected chi connectivity index (χ2v) is 9.65. The average Bonchev–Trinajstić information content (AvgIpc) is 2.82. The Morgan fingerprint density at radius 1 is 0.769 bits per heavy atom. The molecule has 0 saturated heterocycles. The summed E-state index contributed by atoms with van der Waals surface area (Å²) in [6, 6.07) is 13.8. The Hall–Kier alpha value is -3.37. The molecule has 3 aromatic rings. The molecule has 0 aliphatic heterocycles. The number of nitrogens with one attached hydrogen (secondary N) is 1. The number of aryl methyl sites for hydroxylation is 2. The fraction of sp³-hybridized carbons (Fsp3) is 0.345. The topological polar surface area (TPSA) is 52.6 Å². The molecular weight excluding hydrogens is 522 g/mol. The standard InChI is InChI=1S/C29H30F6N2O2/c1-19-10-20(2)12-22(11-19)16-36-8-3-9-37(17-21-4-6-24(7-5-21)27(38)39)18-23-13-25(28(30,31)32)15-26(14-23)29(33,34)35/h4-7,10-15,36H,3,8-9,16-18H2,1-2H3,(H,38,39). The summed E-state index contributed by atoms with van der Waals surface area (Å²) in [5.41, 5.74) is 1.35. The summed E-state index contributed by atoms with van der Waals surface area (Å²) in [4.78, 5) is 12.9. The van der Waals surface area contributed by atoms with E-state index in [0.29, 0.717) is 31.6 Å². The lowest BCUT2D eigenvalue weighted by Crippen LogP contribution is -2.27. The van der Waals surface area contributed by atoms with E-state index in [2.05, 4.69) is 23.5 Å². The number of nitrogens with zero attached hydrogens (tertiary/aromatic N) is 1. The number of hydrogen-bond donors (Lipinski definition) is 2. The zero-order chi connectivity index (χ0) is 28.8. The summed E-state index contributed by atoms with van der Waals surface area (Å²) < 4.78 is 80.2. The van der Waals surface area contributed by atoms with Gasteiger partial charge in [0, 0.05) is 26.2 Å². The summed E-state index contributed by atoms with van der Waals surface area (Å²) in [6.45, 7) is 5.68. The largest absolute Gasteiger partial charge is 0.478 e. The van der Waals surface area contributed by atoms with Gasteiger partial charge in [-0.3, -0.25) is 4.90 Å². The lowest BCUT2D eigenvalue weighted by molar-refractivity contribution is -0.143. The molecule has 3 aromatic carbocycles. The van der Waals surface area contributed by atoms with E-state index in [-0.39, 0.29) is 30.3 Å². The van der Waals surface area contributed by atoms with E-state index in [1.807, 2.05) is 13.8 Å². The first-order valence-corrected chi connectivity index (χ1v) is 12.3. The van der Waals surface area contributed by atoms with Crippen LogP contribution in [0.25, 0.3) is 0 Å². The molecule has 0 heterocycles. The van der Waals surface area contributed by atoms with Crippen LogP contribution in [0, 0.1) is 13.8 Å². The van der Waals surface area contributed by atoms with Crippen molar-refractivity contribution in [2.45, 2.75) is 52.3 Å². The van der Waals surface area contributed by atoms with Crippen molar-refractivity contribution in [1.82, 2.24) is 10.2 Å². The van der Waals surface area contributed by atoms with E-state index >= 15 is 0 Å². The average molecular weight is 553 g/mol. The highest BCUT2D eigenvalue weighted by Crippen LogP contribution is 2.36. The van der Waals surface area contributed by atoms with Crippen molar-refractivity contribution in [2.75, 3.05) is 13.1 Å². The number of carbonyl (C=O) groups is 1. The first kappa shape index (κ1) is 30.2. The third-order valence-electron chi connectivity index (χ3n) is 6.10. The highest BCUT2D eigenvalue weighted by atomic mass is 19.4. The van der Waals surface area contributed by atoms with Crippen LogP contribution in [0.2, 0.25) is 0 Å². The van der Waals surface area contributed by atoms with Crippen LogP contribution in [0.1, 0.15) is 55.7 Å². The Kier molecular flexibility index (Phi) is 9.79. The molecule has 0 aromatic heterocycles. The minimum Gasteiger partial charge on any atom is -0.478 e. The normalized spacial score (nSPS) is 12.2. The molecule has 2 N–H and O–H groups in total. The minimum absolute atomic E-state index is 0.0774. The fourth-order valence-electron chi connectivity index (χ4n) is 4.43. The lowest BCUT2D eigenvalue weighted by Gasteiger charge is -2.24. The van der Waals surface area contributed by atoms with Gasteiger partial charge in [0.25, 0.3) is 0 Å². The van der Waals surface area contributed by atoms with Gasteiger partial charge in [0.15, 0.2) is 0 Å². The van der Waals surface area contributed by atoms with E-state index in [0.717, 1.165) is 28.8 Å². The van der Waals surface area contributed by atoms with Gasteiger partial charge in [-0.1, -0.05) is 41.5 Å². The maximum atomic E-state index is 13.4. The predicted octanol–water partition coefficient (Wildman–Crippen LogP) is 7.22. The molecule has 210 valence electrons. The van der Waals surface area contributed by atoms with E-state index in [4.69, 9.17) is 5.11 Å². The molecule has 0 aliphatic carbocycles. The molecule has 0 spiro atoms. The Labute approximate surface area is 223 Å². The van der Waals surface area contributed by atoms with Crippen LogP contribution in [0.4, 0.5) is 26.3 Å². The quantitative estimate of drug-likeness (QED) is 0.195. The van der Waals surface area contributed by atoms with Crippen LogP contribution in [-0.4, -0.2) is 29.1 Å². The van der Waals surface area contributed by atoms with Crippen LogP contribution in [-0.2, 0) is 32.0 Å². The van der Waals surface area contributed by atoms with Gasteiger partial charge in [0.1, 0.15) is 0 Å². The lowest BCUT2D eigenvalue weighted by atomic mass is 10.0. The van der Waals surface area contributed by atoms with Crippen molar-refractivity contribution in [1.29, 1.82) is 0 Å². The van der Waals surface area contributed by atoms with Gasteiger partial charge >= 0.3 is 18.3 Å². The summed E-state index contributed by atoms with van der Waals surface area (Å²) in [5.74, 6) is -1.10. The van der Waals surface area contributed by atoms with Crippen molar-refractivity contribution >= 4 is 5.97 Å². The number of benzene rings is 3. The number of hydrogen-bond acceptors (Lipinski definition) is 3. The summed E-state index contributed by atoms with van der Waals surface area (Å²) in [5, 5.41) is 12.4. The summed E-state index contributed by atoms with van der Waals surface area (Å²) in [7, 11) is 0. The minimum atomic E-state index is -4.93. The molecule has 3 rings (SSSR count). The highest BCUT2D eigenvalue weighted by molar-refractivity contribution is 5.87. The van der Waals surface area contributed by atoms with Crippen molar-refractivity contribution in [2.24, 2.45) is 0 Å².